The minimum atomic E-state index is -2.46. The monoisotopic (exact) mass is 1010 g/mol. The highest BCUT2D eigenvalue weighted by atomic mass is 16.7. The Labute approximate surface area is 427 Å². The second-order valence-corrected chi connectivity index (χ2v) is 20.7. The molecular formula is C55H84N2O15. The van der Waals surface area contributed by atoms with Gasteiger partial charge in [-0.25, -0.2) is 9.59 Å². The summed E-state index contributed by atoms with van der Waals surface area (Å²) in [5.41, 5.74) is 3.46. The third kappa shape index (κ3) is 16.6. The van der Waals surface area contributed by atoms with Crippen molar-refractivity contribution in [2.75, 3.05) is 34.5 Å². The summed E-state index contributed by atoms with van der Waals surface area (Å²) in [5.74, 6) is -8.41. The van der Waals surface area contributed by atoms with Gasteiger partial charge in [-0.15, -0.1) is 6.58 Å². The van der Waals surface area contributed by atoms with Gasteiger partial charge in [-0.1, -0.05) is 77.2 Å². The molecule has 3 aliphatic heterocycles. The van der Waals surface area contributed by atoms with Crippen LogP contribution in [0.1, 0.15) is 126 Å². The van der Waals surface area contributed by atoms with Crippen molar-refractivity contribution in [3.8, 4) is 0 Å². The molecule has 1 unspecified atom stereocenters. The van der Waals surface area contributed by atoms with Crippen molar-refractivity contribution in [3.05, 3.63) is 60.3 Å². The van der Waals surface area contributed by atoms with Gasteiger partial charge in [0, 0.05) is 58.5 Å². The van der Waals surface area contributed by atoms with Gasteiger partial charge in [0.15, 0.2) is 5.78 Å². The number of carbonyl (C=O) groups is 6. The van der Waals surface area contributed by atoms with E-state index in [9.17, 15) is 39.0 Å². The van der Waals surface area contributed by atoms with Crippen molar-refractivity contribution in [2.24, 2.45) is 35.5 Å². The molecular weight excluding hydrogens is 929 g/mol. The number of rotatable bonds is 10. The number of ether oxygens (including phenoxy) is 6. The topological polar surface area (TPSA) is 223 Å². The number of nitrogens with zero attached hydrogens (tertiary/aromatic N) is 1. The number of esters is 1. The summed E-state index contributed by atoms with van der Waals surface area (Å²) >= 11 is 0. The molecule has 4 aliphatic rings. The number of allylic oxidation sites excluding steroid dienone is 6. The van der Waals surface area contributed by atoms with E-state index in [1.807, 2.05) is 51.2 Å². The molecule has 1 aliphatic carbocycles. The van der Waals surface area contributed by atoms with Crippen LogP contribution in [0, 0.1) is 35.5 Å². The van der Waals surface area contributed by atoms with Crippen LogP contribution in [0.3, 0.4) is 0 Å². The maximum absolute atomic E-state index is 14.5. The van der Waals surface area contributed by atoms with Crippen molar-refractivity contribution in [3.63, 3.8) is 0 Å². The quantitative estimate of drug-likeness (QED) is 0.0657. The smallest absolute Gasteiger partial charge is 0.431 e. The van der Waals surface area contributed by atoms with Gasteiger partial charge in [0.1, 0.15) is 36.2 Å². The van der Waals surface area contributed by atoms with Gasteiger partial charge < -0.3 is 43.5 Å². The zero-order valence-corrected chi connectivity index (χ0v) is 44.4. The number of Topliss-reactive ketones (excluding diaryl/α,β-unsaturated/α-hetero) is 3. The fourth-order valence-corrected chi connectivity index (χ4v) is 10.6. The van der Waals surface area contributed by atoms with Gasteiger partial charge in [0.05, 0.1) is 24.9 Å². The second kappa shape index (κ2) is 28.9. The van der Waals surface area contributed by atoms with Crippen molar-refractivity contribution >= 4 is 35.3 Å². The Kier molecular flexibility index (Phi) is 24.2. The van der Waals surface area contributed by atoms with E-state index < -0.39 is 102 Å². The van der Waals surface area contributed by atoms with Gasteiger partial charge in [-0.05, 0) is 107 Å². The van der Waals surface area contributed by atoms with Crippen LogP contribution in [0.5, 0.6) is 0 Å². The Morgan fingerprint density at radius 3 is 2.33 bits per heavy atom. The molecule has 0 aromatic carbocycles. The first-order valence-corrected chi connectivity index (χ1v) is 25.9. The number of hydrogen-bond donors (Lipinski definition) is 3. The first-order valence-electron chi connectivity index (χ1n) is 25.9. The normalized spacial score (nSPS) is 37.4. The predicted octanol–water partition coefficient (Wildman–Crippen LogP) is 7.03. The molecule has 1 saturated carbocycles. The molecule has 0 aromatic rings. The number of aliphatic hydroxyl groups is 2. The summed E-state index contributed by atoms with van der Waals surface area (Å²) in [7, 11) is 4.47. The number of cyclic esters (lactones) is 1. The summed E-state index contributed by atoms with van der Waals surface area (Å²) in [5, 5.41) is 23.5. The van der Waals surface area contributed by atoms with Gasteiger partial charge >= 0.3 is 12.1 Å². The van der Waals surface area contributed by atoms with E-state index in [-0.39, 0.29) is 49.4 Å². The lowest BCUT2D eigenvalue weighted by Gasteiger charge is -2.42. The number of hydroxylamine groups is 1. The number of amides is 2. The van der Waals surface area contributed by atoms with Crippen molar-refractivity contribution in [2.45, 2.75) is 180 Å². The average Bonchev–Trinajstić information content (AvgIpc) is 3.35. The third-order valence-corrected chi connectivity index (χ3v) is 15.1. The highest BCUT2D eigenvalue weighted by Gasteiger charge is 2.53. The van der Waals surface area contributed by atoms with Crippen molar-refractivity contribution in [1.29, 1.82) is 0 Å². The van der Waals surface area contributed by atoms with Crippen LogP contribution in [0.25, 0.3) is 0 Å². The molecule has 17 heteroatoms. The Morgan fingerprint density at radius 2 is 1.65 bits per heavy atom. The fraction of sp³-hybridized carbons (Fsp3) is 0.709. The lowest BCUT2D eigenvalue weighted by atomic mass is 9.78. The van der Waals surface area contributed by atoms with Crippen LogP contribution in [0.15, 0.2) is 60.3 Å². The zero-order chi connectivity index (χ0) is 53.3. The summed E-state index contributed by atoms with van der Waals surface area (Å²) in [6.45, 7) is 16.3. The van der Waals surface area contributed by atoms with Gasteiger partial charge in [0.25, 0.3) is 11.7 Å². The molecule has 3 heterocycles. The van der Waals surface area contributed by atoms with Crippen LogP contribution in [-0.4, -0.2) is 139 Å². The highest BCUT2D eigenvalue weighted by Crippen LogP contribution is 2.38. The summed E-state index contributed by atoms with van der Waals surface area (Å²) in [6.07, 6.45) is 11.1. The molecule has 3 fully saturated rings. The predicted molar refractivity (Wildman–Crippen MR) is 269 cm³/mol. The molecule has 72 heavy (non-hydrogen) atoms. The molecule has 17 nitrogen and oxygen atoms in total. The lowest BCUT2D eigenvalue weighted by Crippen LogP contribution is -2.61. The molecule has 0 radical (unpaired) electrons. The van der Waals surface area contributed by atoms with Crippen LogP contribution < -0.4 is 5.48 Å². The molecule has 3 N–H and O–H groups in total. The van der Waals surface area contributed by atoms with Crippen LogP contribution in [-0.2, 0) is 57.2 Å². The minimum Gasteiger partial charge on any atom is -0.460 e. The molecule has 0 spiro atoms. The number of nitrogens with one attached hydrogen (secondary N) is 1. The fourth-order valence-electron chi connectivity index (χ4n) is 10.6. The molecule has 0 aromatic heterocycles. The van der Waals surface area contributed by atoms with Crippen LogP contribution in [0.2, 0.25) is 0 Å². The van der Waals surface area contributed by atoms with E-state index in [0.29, 0.717) is 69.8 Å². The minimum absolute atomic E-state index is 0.00129. The number of hydrogen-bond acceptors (Lipinski definition) is 15. The molecule has 404 valence electrons. The third-order valence-electron chi connectivity index (χ3n) is 15.1. The number of methoxy groups -OCH3 is 3. The molecule has 2 bridgehead atoms. The van der Waals surface area contributed by atoms with E-state index in [2.05, 4.69) is 12.1 Å². The average molecular weight is 1010 g/mol. The number of piperidine rings is 1. The van der Waals surface area contributed by atoms with Crippen LogP contribution >= 0.6 is 0 Å². The Balaban J connectivity index is 1.68. The van der Waals surface area contributed by atoms with E-state index >= 15 is 0 Å². The van der Waals surface area contributed by atoms with Gasteiger partial charge in [-0.2, -0.15) is 5.48 Å². The second-order valence-electron chi connectivity index (χ2n) is 20.7. The molecule has 2 saturated heterocycles. The Hall–Kier alpha value is -4.36. The Morgan fingerprint density at radius 1 is 0.917 bits per heavy atom. The maximum atomic E-state index is 14.5. The molecule has 15 atom stereocenters. The van der Waals surface area contributed by atoms with E-state index in [1.165, 1.54) is 25.2 Å². The summed E-state index contributed by atoms with van der Waals surface area (Å²) in [6, 6.07) is -1.18. The molecule has 2 amide bonds. The zero-order valence-electron chi connectivity index (χ0n) is 44.4. The standard InChI is InChI=1S/C55H84N2O15/c1-12-26-69-56-54(64)71-44-24-22-40(30-47(44)67-10)29-36(5)46-32-43(58)35(4)28-38(7)49(60)50(68-11)48(59)37(6)27-33(2)18-14-13-15-19-34(3)45(66-9)31-41-23-21-39(8)55(65,72-41)51(61)52(62)57-25-17-16-20-42(57)53(63)70-46/h12-15,18-19,28,33,35-37,39-42,44-47,49-50,60,65H,1,16-17,20-27,29-32H2,2-11H3,(H,56,64)/b15-13+,18-14-,34-19+,38-28+/t33-,35-,36-,37-,39-,40+,41+,42+,44-,45?,46+,47-,49-,50+,55-/m1/s1. The highest BCUT2D eigenvalue weighted by molar-refractivity contribution is 6.39. The number of carbonyl (C=O) groups excluding carboxylic acids is 6. The molecule has 4 rings (SSSR count). The summed E-state index contributed by atoms with van der Waals surface area (Å²) in [4.78, 5) is 89.8. The number of aliphatic hydroxyl groups excluding tert-OH is 1. The SMILES string of the molecule is C=CCONC(=O)O[C@@H]1CC[C@@H](C[C@@H](C)[C@@H]2CC(=O)[C@H](C)/C=C(\C)[C@@H](O)[C@@H](OC)C(=O)[C@H](C)C[C@H](C)\C=C/C=C/C=C(\C)C(OC)C[C@@H]3CC[C@@H](C)[C@@](O)(O3)C(=O)C(=O)N3CCCC[C@H]3C(=O)O2)C[C@H]1OC. The Bertz CT molecular complexity index is 1980. The van der Waals surface area contributed by atoms with Gasteiger partial charge in [-0.3, -0.25) is 24.0 Å². The largest absolute Gasteiger partial charge is 0.460 e. The maximum Gasteiger partial charge on any atom is 0.431 e. The lowest BCUT2D eigenvalue weighted by molar-refractivity contribution is -0.265. The first-order chi connectivity index (χ1) is 34.2. The number of fused-ring (bicyclic) bond motifs is 3. The number of ketones is 3. The summed E-state index contributed by atoms with van der Waals surface area (Å²) < 4.78 is 35.3. The van der Waals surface area contributed by atoms with Crippen molar-refractivity contribution in [1.82, 2.24) is 10.4 Å². The van der Waals surface area contributed by atoms with Gasteiger partial charge in [0.2, 0.25) is 5.79 Å². The van der Waals surface area contributed by atoms with Crippen molar-refractivity contribution < 1.29 is 72.2 Å². The van der Waals surface area contributed by atoms with E-state index in [1.54, 1.807) is 40.9 Å². The van der Waals surface area contributed by atoms with E-state index in [4.69, 9.17) is 33.3 Å². The van der Waals surface area contributed by atoms with E-state index in [0.717, 1.165) is 5.57 Å². The first kappa shape index (κ1) is 60.2. The van der Waals surface area contributed by atoms with Crippen LogP contribution in [0.4, 0.5) is 4.79 Å².